The van der Waals surface area contributed by atoms with Crippen LogP contribution in [0.5, 0.6) is 0 Å². The van der Waals surface area contributed by atoms with Crippen molar-refractivity contribution in [3.8, 4) is 0 Å². The van der Waals surface area contributed by atoms with Gasteiger partial charge in [0.15, 0.2) is 5.37 Å². The van der Waals surface area contributed by atoms with Crippen molar-refractivity contribution in [1.29, 1.82) is 0 Å². The summed E-state index contributed by atoms with van der Waals surface area (Å²) in [5.74, 6) is -1.52. The zero-order valence-electron chi connectivity index (χ0n) is 22.9. The van der Waals surface area contributed by atoms with Gasteiger partial charge in [-0.2, -0.15) is 0 Å². The highest BCUT2D eigenvalue weighted by molar-refractivity contribution is 8.00. The molecule has 0 aromatic heterocycles. The Bertz CT molecular complexity index is 748. The van der Waals surface area contributed by atoms with Gasteiger partial charge in [-0.25, -0.2) is 0 Å². The molecule has 0 saturated heterocycles. The van der Waals surface area contributed by atoms with Gasteiger partial charge in [-0.15, -0.1) is 11.8 Å². The number of rotatable bonds is 17. The average molecular weight is 530 g/mol. The third-order valence-corrected chi connectivity index (χ3v) is 7.28. The Morgan fingerprint density at radius 1 is 1.08 bits per heavy atom. The molecular weight excluding hydrogens is 482 g/mol. The molecule has 11 heteroatoms. The van der Waals surface area contributed by atoms with E-state index in [1.54, 1.807) is 6.92 Å². The van der Waals surface area contributed by atoms with Crippen molar-refractivity contribution in [2.75, 3.05) is 26.4 Å². The van der Waals surface area contributed by atoms with Gasteiger partial charge in [0.25, 0.3) is 5.91 Å². The molecule has 10 nitrogen and oxygen atoms in total. The molecular formula is C25H47N5O5S. The van der Waals surface area contributed by atoms with Crippen LogP contribution in [-0.4, -0.2) is 88.5 Å². The lowest BCUT2D eigenvalue weighted by Gasteiger charge is -2.35. The summed E-state index contributed by atoms with van der Waals surface area (Å²) < 4.78 is 0. The van der Waals surface area contributed by atoms with Crippen LogP contribution in [0, 0.1) is 11.8 Å². The minimum atomic E-state index is -0.947. The molecule has 0 aliphatic heterocycles. The lowest BCUT2D eigenvalue weighted by molar-refractivity contribution is -0.145. The quantitative estimate of drug-likeness (QED) is 0.162. The van der Waals surface area contributed by atoms with E-state index in [2.05, 4.69) is 5.32 Å². The van der Waals surface area contributed by atoms with Gasteiger partial charge in [-0.1, -0.05) is 39.8 Å². The van der Waals surface area contributed by atoms with Crippen molar-refractivity contribution in [2.45, 2.75) is 83.9 Å². The molecule has 4 amide bonds. The maximum absolute atomic E-state index is 13.4. The molecule has 208 valence electrons. The number of nitrogens with zero attached hydrogens (tertiary/aromatic N) is 2. The van der Waals surface area contributed by atoms with Gasteiger partial charge in [0.1, 0.15) is 12.1 Å². The summed E-state index contributed by atoms with van der Waals surface area (Å²) in [6.07, 6.45) is 4.17. The van der Waals surface area contributed by atoms with E-state index in [0.29, 0.717) is 31.6 Å². The SMILES string of the molecule is C/C=C/C[C@@H](C)[C@@H](O)CC(=O)N[C@@H](CC)C(=O)N(C)[C@H](SCCN)C(=O)N(C)[C@@H](CC(C)C)C(N)=O. The number of nitrogens with two attached hydrogens (primary N) is 2. The molecule has 0 unspecified atom stereocenters. The molecule has 0 fully saturated rings. The van der Waals surface area contributed by atoms with Crippen molar-refractivity contribution >= 4 is 35.4 Å². The first-order valence-electron chi connectivity index (χ1n) is 12.5. The van der Waals surface area contributed by atoms with Crippen LogP contribution < -0.4 is 16.8 Å². The molecule has 0 spiro atoms. The monoisotopic (exact) mass is 529 g/mol. The van der Waals surface area contributed by atoms with E-state index < -0.39 is 47.2 Å². The number of primary amides is 1. The van der Waals surface area contributed by atoms with Crippen LogP contribution in [0.15, 0.2) is 12.2 Å². The van der Waals surface area contributed by atoms with Gasteiger partial charge in [0.2, 0.25) is 17.7 Å². The van der Waals surface area contributed by atoms with E-state index in [1.807, 2.05) is 39.8 Å². The number of amides is 4. The zero-order valence-corrected chi connectivity index (χ0v) is 23.7. The normalized spacial score (nSPS) is 15.7. The minimum Gasteiger partial charge on any atom is -0.392 e. The third kappa shape index (κ3) is 11.3. The summed E-state index contributed by atoms with van der Waals surface area (Å²) in [6, 6.07) is -1.68. The first-order chi connectivity index (χ1) is 16.8. The molecule has 5 atom stereocenters. The predicted molar refractivity (Wildman–Crippen MR) is 145 cm³/mol. The highest BCUT2D eigenvalue weighted by Crippen LogP contribution is 2.21. The number of allylic oxidation sites excluding steroid dienone is 2. The molecule has 0 radical (unpaired) electrons. The van der Waals surface area contributed by atoms with Crippen molar-refractivity contribution in [1.82, 2.24) is 15.1 Å². The lowest BCUT2D eigenvalue weighted by atomic mass is 9.97. The van der Waals surface area contributed by atoms with E-state index in [4.69, 9.17) is 11.5 Å². The molecule has 0 aliphatic rings. The molecule has 0 bridgehead atoms. The summed E-state index contributed by atoms with van der Waals surface area (Å²) in [5.41, 5.74) is 11.2. The van der Waals surface area contributed by atoms with Crippen molar-refractivity contribution in [2.24, 2.45) is 23.3 Å². The first-order valence-corrected chi connectivity index (χ1v) is 13.6. The number of carbonyl (C=O) groups is 4. The lowest BCUT2D eigenvalue weighted by Crippen LogP contribution is -2.56. The summed E-state index contributed by atoms with van der Waals surface area (Å²) in [6.45, 7) is 9.65. The Hall–Kier alpha value is -2.11. The van der Waals surface area contributed by atoms with Crippen LogP contribution in [-0.2, 0) is 19.2 Å². The van der Waals surface area contributed by atoms with E-state index in [1.165, 1.54) is 35.7 Å². The number of likely N-dealkylation sites (N-methyl/N-ethyl adjacent to an activating group) is 2. The molecule has 0 heterocycles. The van der Waals surface area contributed by atoms with Crippen molar-refractivity contribution < 1.29 is 24.3 Å². The van der Waals surface area contributed by atoms with Gasteiger partial charge >= 0.3 is 0 Å². The fourth-order valence-corrected chi connectivity index (χ4v) is 4.62. The Kier molecular flexibility index (Phi) is 16.3. The van der Waals surface area contributed by atoms with E-state index >= 15 is 0 Å². The average Bonchev–Trinajstić information content (AvgIpc) is 2.82. The van der Waals surface area contributed by atoms with Crippen LogP contribution in [0.3, 0.4) is 0 Å². The van der Waals surface area contributed by atoms with E-state index in [0.717, 1.165) is 0 Å². The fourth-order valence-electron chi connectivity index (χ4n) is 3.62. The smallest absolute Gasteiger partial charge is 0.256 e. The highest BCUT2D eigenvalue weighted by atomic mass is 32.2. The number of thioether (sulfide) groups is 1. The van der Waals surface area contributed by atoms with E-state index in [-0.39, 0.29) is 18.3 Å². The maximum atomic E-state index is 13.4. The van der Waals surface area contributed by atoms with Crippen molar-refractivity contribution in [3.63, 3.8) is 0 Å². The second-order valence-corrected chi connectivity index (χ2v) is 10.7. The standard InChI is InChI=1S/C25H47N5O5S/c1-8-10-11-17(5)20(31)15-21(32)28-18(9-2)23(34)30(7)25(36-13-12-26)24(35)29(6)19(22(27)33)14-16(3)4/h8,10,16-20,25,31H,9,11-15,26H2,1-7H3,(H2,27,33)(H,28,32)/b10-8+/t17-,18+,19+,20+,25-/m1/s1. The van der Waals surface area contributed by atoms with Crippen LogP contribution >= 0.6 is 11.8 Å². The highest BCUT2D eigenvalue weighted by Gasteiger charge is 2.36. The Balaban J connectivity index is 5.56. The maximum Gasteiger partial charge on any atom is 0.256 e. The van der Waals surface area contributed by atoms with Gasteiger partial charge < -0.3 is 31.7 Å². The number of nitrogens with one attached hydrogen (secondary N) is 1. The fraction of sp³-hybridized carbons (Fsp3) is 0.760. The largest absolute Gasteiger partial charge is 0.392 e. The topological polar surface area (TPSA) is 159 Å². The molecule has 6 N–H and O–H groups in total. The molecule has 0 aromatic rings. The summed E-state index contributed by atoms with van der Waals surface area (Å²) in [5, 5.41) is 12.1. The molecule has 0 aliphatic carbocycles. The summed E-state index contributed by atoms with van der Waals surface area (Å²) in [4.78, 5) is 53.9. The van der Waals surface area contributed by atoms with Gasteiger partial charge in [0, 0.05) is 26.4 Å². The Morgan fingerprint density at radius 2 is 1.69 bits per heavy atom. The summed E-state index contributed by atoms with van der Waals surface area (Å²) in [7, 11) is 3.00. The Morgan fingerprint density at radius 3 is 2.17 bits per heavy atom. The third-order valence-electron chi connectivity index (χ3n) is 5.98. The van der Waals surface area contributed by atoms with Gasteiger partial charge in [-0.3, -0.25) is 19.2 Å². The number of carbonyl (C=O) groups excluding carboxylic acids is 4. The summed E-state index contributed by atoms with van der Waals surface area (Å²) >= 11 is 1.19. The number of hydrogen-bond donors (Lipinski definition) is 4. The molecule has 0 rings (SSSR count). The molecule has 0 saturated carbocycles. The predicted octanol–water partition coefficient (Wildman–Crippen LogP) is 1.07. The van der Waals surface area contributed by atoms with Gasteiger partial charge in [-0.05, 0) is 38.0 Å². The van der Waals surface area contributed by atoms with Gasteiger partial charge in [0.05, 0.1) is 12.5 Å². The first kappa shape index (κ1) is 33.9. The van der Waals surface area contributed by atoms with Crippen LogP contribution in [0.2, 0.25) is 0 Å². The number of aliphatic hydroxyl groups excluding tert-OH is 1. The number of aliphatic hydroxyl groups is 1. The Labute approximate surface area is 220 Å². The van der Waals surface area contributed by atoms with Crippen molar-refractivity contribution in [3.05, 3.63) is 12.2 Å². The minimum absolute atomic E-state index is 0.111. The zero-order chi connectivity index (χ0) is 28.0. The molecule has 0 aromatic carbocycles. The second-order valence-electron chi connectivity index (χ2n) is 9.54. The molecule has 36 heavy (non-hydrogen) atoms. The number of hydrogen-bond acceptors (Lipinski definition) is 7. The second kappa shape index (κ2) is 17.4. The van der Waals surface area contributed by atoms with E-state index in [9.17, 15) is 24.3 Å². The van der Waals surface area contributed by atoms with Crippen LogP contribution in [0.25, 0.3) is 0 Å². The van der Waals surface area contributed by atoms with Crippen LogP contribution in [0.4, 0.5) is 0 Å². The van der Waals surface area contributed by atoms with Crippen LogP contribution in [0.1, 0.15) is 60.3 Å².